The molecule has 1 saturated heterocycles. The number of benzene rings is 2. The van der Waals surface area contributed by atoms with Crippen LogP contribution in [0.2, 0.25) is 0 Å². The Kier molecular flexibility index (Phi) is 5.17. The molecule has 5 rings (SSSR count). The molecule has 3 fully saturated rings. The average Bonchev–Trinajstić information content (AvgIpc) is 3.38. The van der Waals surface area contributed by atoms with Crippen molar-refractivity contribution in [3.63, 3.8) is 0 Å². The SMILES string of the molecule is COc1cccc(NC(=O)c2ccccc2N2C(=O)[C@@H]3[C@H]4C[C@@H]([C@H](Br)[C@H]4Br)[C@@H]3C2=O)c1. The van der Waals surface area contributed by atoms with Crippen LogP contribution in [0.15, 0.2) is 48.5 Å². The Hall–Kier alpha value is -2.19. The van der Waals surface area contributed by atoms with Crippen molar-refractivity contribution in [2.24, 2.45) is 23.7 Å². The lowest BCUT2D eigenvalue weighted by Gasteiger charge is -2.28. The molecule has 6 atom stereocenters. The number of hydrogen-bond donors (Lipinski definition) is 1. The quantitative estimate of drug-likeness (QED) is 0.459. The minimum Gasteiger partial charge on any atom is -0.497 e. The third kappa shape index (κ3) is 3.14. The summed E-state index contributed by atoms with van der Waals surface area (Å²) in [4.78, 5) is 41.4. The second-order valence-corrected chi connectivity index (χ2v) is 10.3. The number of carbonyl (C=O) groups is 3. The molecule has 31 heavy (non-hydrogen) atoms. The molecule has 0 aromatic heterocycles. The van der Waals surface area contributed by atoms with Crippen LogP contribution in [0.3, 0.4) is 0 Å². The van der Waals surface area contributed by atoms with Crippen LogP contribution in [-0.4, -0.2) is 34.5 Å². The summed E-state index contributed by atoms with van der Waals surface area (Å²) in [5.41, 5.74) is 1.19. The molecule has 2 aromatic carbocycles. The number of methoxy groups -OCH3 is 1. The van der Waals surface area contributed by atoms with E-state index in [0.717, 1.165) is 6.42 Å². The topological polar surface area (TPSA) is 75.7 Å². The monoisotopic (exact) mass is 546 g/mol. The minimum atomic E-state index is -0.388. The van der Waals surface area contributed by atoms with Crippen LogP contribution in [0.25, 0.3) is 0 Å². The van der Waals surface area contributed by atoms with E-state index in [2.05, 4.69) is 37.2 Å². The summed E-state index contributed by atoms with van der Waals surface area (Å²) in [7, 11) is 1.56. The van der Waals surface area contributed by atoms with Crippen molar-refractivity contribution in [1.29, 1.82) is 0 Å². The highest BCUT2D eigenvalue weighted by molar-refractivity contribution is 9.12. The standard InChI is InChI=1S/C23H20Br2N2O4/c1-31-12-6-4-5-11(9-12)26-21(28)13-7-2-3-8-16(13)27-22(29)17-14-10-15(18(17)23(27)30)20(25)19(14)24/h2-9,14-15,17-20H,10H2,1H3,(H,26,28)/t14-,15-,17-,18+,19+,20+/m1/s1. The molecule has 1 aliphatic heterocycles. The van der Waals surface area contributed by atoms with Gasteiger partial charge in [-0.2, -0.15) is 0 Å². The summed E-state index contributed by atoms with van der Waals surface area (Å²) in [5, 5.41) is 2.84. The van der Waals surface area contributed by atoms with Crippen LogP contribution in [0, 0.1) is 23.7 Å². The lowest BCUT2D eigenvalue weighted by atomic mass is 9.81. The third-order valence-corrected chi connectivity index (χ3v) is 9.91. The van der Waals surface area contributed by atoms with E-state index < -0.39 is 0 Å². The van der Waals surface area contributed by atoms with Gasteiger partial charge in [0.1, 0.15) is 5.75 Å². The van der Waals surface area contributed by atoms with E-state index in [-0.39, 0.29) is 56.6 Å². The maximum absolute atomic E-state index is 13.4. The van der Waals surface area contributed by atoms with Crippen molar-refractivity contribution in [2.75, 3.05) is 17.3 Å². The molecule has 3 aliphatic rings. The largest absolute Gasteiger partial charge is 0.497 e. The van der Waals surface area contributed by atoms with Crippen LogP contribution in [-0.2, 0) is 9.59 Å². The van der Waals surface area contributed by atoms with Crippen LogP contribution >= 0.6 is 31.9 Å². The minimum absolute atomic E-state index is 0.124. The van der Waals surface area contributed by atoms with Gasteiger partial charge in [0, 0.05) is 21.4 Å². The normalized spacial score (nSPS) is 31.1. The molecule has 0 radical (unpaired) electrons. The lowest BCUT2D eigenvalue weighted by Crippen LogP contribution is -2.37. The fourth-order valence-corrected chi connectivity index (χ4v) is 7.22. The summed E-state index contributed by atoms with van der Waals surface area (Å²) in [5.74, 6) is -0.581. The van der Waals surface area contributed by atoms with Gasteiger partial charge in [0.05, 0.1) is 30.2 Å². The summed E-state index contributed by atoms with van der Waals surface area (Å²) in [6.45, 7) is 0. The van der Waals surface area contributed by atoms with E-state index >= 15 is 0 Å². The molecule has 6 nitrogen and oxygen atoms in total. The lowest BCUT2D eigenvalue weighted by molar-refractivity contribution is -0.123. The second-order valence-electron chi connectivity index (χ2n) is 8.22. The number of nitrogens with one attached hydrogen (secondary N) is 1. The average molecular weight is 548 g/mol. The Morgan fingerprint density at radius 1 is 1.00 bits per heavy atom. The maximum Gasteiger partial charge on any atom is 0.257 e. The number of amides is 3. The van der Waals surface area contributed by atoms with Crippen LogP contribution in [0.5, 0.6) is 5.75 Å². The number of alkyl halides is 2. The number of halogens is 2. The number of ether oxygens (including phenoxy) is 1. The van der Waals surface area contributed by atoms with E-state index in [1.807, 2.05) is 0 Å². The molecule has 3 amide bonds. The van der Waals surface area contributed by atoms with Gasteiger partial charge in [-0.25, -0.2) is 4.90 Å². The zero-order chi connectivity index (χ0) is 21.9. The first-order valence-corrected chi connectivity index (χ1v) is 12.0. The van der Waals surface area contributed by atoms with Gasteiger partial charge in [-0.3, -0.25) is 14.4 Å². The number of carbonyl (C=O) groups excluding carboxylic acids is 3. The van der Waals surface area contributed by atoms with Gasteiger partial charge in [0.2, 0.25) is 11.8 Å². The van der Waals surface area contributed by atoms with E-state index in [4.69, 9.17) is 4.74 Å². The first kappa shape index (κ1) is 20.7. The number of hydrogen-bond acceptors (Lipinski definition) is 4. The van der Waals surface area contributed by atoms with Crippen molar-refractivity contribution in [2.45, 2.75) is 16.1 Å². The Morgan fingerprint density at radius 3 is 2.29 bits per heavy atom. The van der Waals surface area contributed by atoms with Crippen molar-refractivity contribution in [3.05, 3.63) is 54.1 Å². The number of rotatable bonds is 4. The van der Waals surface area contributed by atoms with Crippen LogP contribution < -0.4 is 15.0 Å². The molecular weight excluding hydrogens is 528 g/mol. The summed E-state index contributed by atoms with van der Waals surface area (Å²) < 4.78 is 5.20. The molecule has 0 spiro atoms. The summed E-state index contributed by atoms with van der Waals surface area (Å²) in [6, 6.07) is 13.8. The van der Waals surface area contributed by atoms with E-state index in [1.165, 1.54) is 4.90 Å². The molecule has 2 aromatic rings. The van der Waals surface area contributed by atoms with Gasteiger partial charge in [-0.05, 0) is 42.5 Å². The van der Waals surface area contributed by atoms with E-state index in [9.17, 15) is 14.4 Å². The highest BCUT2D eigenvalue weighted by atomic mass is 79.9. The van der Waals surface area contributed by atoms with Crippen molar-refractivity contribution < 1.29 is 19.1 Å². The first-order chi connectivity index (χ1) is 14.9. The maximum atomic E-state index is 13.4. The summed E-state index contributed by atoms with van der Waals surface area (Å²) >= 11 is 7.41. The first-order valence-electron chi connectivity index (χ1n) is 10.1. The predicted octanol–water partition coefficient (Wildman–Crippen LogP) is 4.23. The van der Waals surface area contributed by atoms with Gasteiger partial charge in [0.15, 0.2) is 0 Å². The van der Waals surface area contributed by atoms with E-state index in [1.54, 1.807) is 55.6 Å². The zero-order valence-corrected chi connectivity index (χ0v) is 19.8. The molecule has 2 bridgehead atoms. The van der Waals surface area contributed by atoms with Crippen molar-refractivity contribution in [1.82, 2.24) is 0 Å². The third-order valence-electron chi connectivity index (χ3n) is 6.70. The van der Waals surface area contributed by atoms with Crippen molar-refractivity contribution >= 4 is 61.0 Å². The van der Waals surface area contributed by atoms with Crippen molar-refractivity contribution in [3.8, 4) is 5.75 Å². The Bertz CT molecular complexity index is 1060. The number of para-hydroxylation sites is 1. The molecule has 1 heterocycles. The van der Waals surface area contributed by atoms with Gasteiger partial charge >= 0.3 is 0 Å². The van der Waals surface area contributed by atoms with Gasteiger partial charge in [-0.15, -0.1) is 0 Å². The molecule has 1 N–H and O–H groups in total. The van der Waals surface area contributed by atoms with Gasteiger partial charge in [0.25, 0.3) is 5.91 Å². The predicted molar refractivity (Wildman–Crippen MR) is 124 cm³/mol. The second kappa shape index (κ2) is 7.74. The number of fused-ring (bicyclic) bond motifs is 5. The van der Waals surface area contributed by atoms with Crippen LogP contribution in [0.1, 0.15) is 16.8 Å². The molecule has 2 saturated carbocycles. The molecule has 0 unspecified atom stereocenters. The molecular formula is C23H20Br2N2O4. The van der Waals surface area contributed by atoms with Gasteiger partial charge < -0.3 is 10.1 Å². The number of nitrogens with zero attached hydrogens (tertiary/aromatic N) is 1. The molecule has 160 valence electrons. The number of anilines is 2. The zero-order valence-electron chi connectivity index (χ0n) is 16.6. The fourth-order valence-electron chi connectivity index (χ4n) is 5.35. The molecule has 8 heteroatoms. The van der Waals surface area contributed by atoms with Crippen LogP contribution in [0.4, 0.5) is 11.4 Å². The Labute approximate surface area is 196 Å². The summed E-state index contributed by atoms with van der Waals surface area (Å²) in [6.07, 6.45) is 0.866. The highest BCUT2D eigenvalue weighted by Crippen LogP contribution is 2.60. The smallest absolute Gasteiger partial charge is 0.257 e. The fraction of sp³-hybridized carbons (Fsp3) is 0.348. The Balaban J connectivity index is 1.46. The highest BCUT2D eigenvalue weighted by Gasteiger charge is 2.66. The van der Waals surface area contributed by atoms with E-state index in [0.29, 0.717) is 17.1 Å². The molecule has 2 aliphatic carbocycles. The Morgan fingerprint density at radius 2 is 1.65 bits per heavy atom. The number of imide groups is 1. The van der Waals surface area contributed by atoms with Gasteiger partial charge in [-0.1, -0.05) is 50.1 Å².